The Morgan fingerprint density at radius 1 is 1.13 bits per heavy atom. The number of thioether (sulfide) groups is 1. The predicted octanol–water partition coefficient (Wildman–Crippen LogP) is 5.62. The molecule has 0 radical (unpaired) electrons. The number of aryl methyl sites for hydroxylation is 2. The van der Waals surface area contributed by atoms with Crippen LogP contribution in [-0.2, 0) is 17.6 Å². The molecular formula is C23H18ClN3O2S. The van der Waals surface area contributed by atoms with Crippen LogP contribution in [0.1, 0.15) is 23.2 Å². The second-order valence-corrected chi connectivity index (χ2v) is 8.23. The summed E-state index contributed by atoms with van der Waals surface area (Å²) in [5.74, 6) is 1.37. The molecule has 30 heavy (non-hydrogen) atoms. The van der Waals surface area contributed by atoms with E-state index in [-0.39, 0.29) is 11.7 Å². The van der Waals surface area contributed by atoms with Gasteiger partial charge in [-0.3, -0.25) is 4.79 Å². The number of carbonyl (C=O) groups excluding carboxylic acids is 1. The molecule has 1 aliphatic carbocycles. The van der Waals surface area contributed by atoms with E-state index in [0.717, 1.165) is 30.5 Å². The molecule has 0 aliphatic heterocycles. The van der Waals surface area contributed by atoms with Crippen molar-refractivity contribution in [3.8, 4) is 17.6 Å². The van der Waals surface area contributed by atoms with Gasteiger partial charge in [0.25, 0.3) is 0 Å². The second kappa shape index (κ2) is 9.21. The quantitative estimate of drug-likeness (QED) is 0.508. The largest absolute Gasteiger partial charge is 0.457 e. The fourth-order valence-electron chi connectivity index (χ4n) is 3.22. The first-order valence-corrected chi connectivity index (χ1v) is 10.9. The van der Waals surface area contributed by atoms with Crippen molar-refractivity contribution in [3.05, 3.63) is 76.4 Å². The van der Waals surface area contributed by atoms with Gasteiger partial charge < -0.3 is 10.1 Å². The molecule has 1 heterocycles. The average Bonchev–Trinajstić information content (AvgIpc) is 3.22. The highest BCUT2D eigenvalue weighted by Crippen LogP contribution is 2.28. The molecule has 0 spiro atoms. The zero-order chi connectivity index (χ0) is 20.9. The standard InChI is InChI=1S/C23H18ClN3O2S/c24-17-4-8-19(9-5-17)29-20-10-6-18(7-11-20)26-22(28)14-30-23-16(13-25)12-15-2-1-3-21(15)27-23/h4-12H,1-3,14H2,(H,26,28). The van der Waals surface area contributed by atoms with Gasteiger partial charge >= 0.3 is 0 Å². The van der Waals surface area contributed by atoms with Crippen molar-refractivity contribution in [1.82, 2.24) is 4.98 Å². The molecule has 150 valence electrons. The van der Waals surface area contributed by atoms with E-state index in [2.05, 4.69) is 16.4 Å². The number of aromatic nitrogens is 1. The number of nitriles is 1. The summed E-state index contributed by atoms with van der Waals surface area (Å²) in [5.41, 5.74) is 3.41. The number of amides is 1. The maximum absolute atomic E-state index is 12.3. The molecule has 4 rings (SSSR count). The molecule has 1 N–H and O–H groups in total. The van der Waals surface area contributed by atoms with Crippen molar-refractivity contribution in [2.75, 3.05) is 11.1 Å². The molecular weight excluding hydrogens is 418 g/mol. The van der Waals surface area contributed by atoms with Gasteiger partial charge in [0.15, 0.2) is 0 Å². The lowest BCUT2D eigenvalue weighted by molar-refractivity contribution is -0.113. The van der Waals surface area contributed by atoms with Crippen molar-refractivity contribution < 1.29 is 9.53 Å². The van der Waals surface area contributed by atoms with E-state index >= 15 is 0 Å². The number of ether oxygens (including phenoxy) is 1. The molecule has 0 fully saturated rings. The summed E-state index contributed by atoms with van der Waals surface area (Å²) < 4.78 is 5.75. The number of rotatable bonds is 6. The minimum atomic E-state index is -0.155. The Kier molecular flexibility index (Phi) is 6.22. The number of nitrogens with one attached hydrogen (secondary N) is 1. The predicted molar refractivity (Wildman–Crippen MR) is 118 cm³/mol. The van der Waals surface area contributed by atoms with Gasteiger partial charge in [0.2, 0.25) is 5.91 Å². The first-order chi connectivity index (χ1) is 14.6. The van der Waals surface area contributed by atoms with Crippen LogP contribution in [0.15, 0.2) is 59.6 Å². The van der Waals surface area contributed by atoms with Crippen molar-refractivity contribution in [2.24, 2.45) is 0 Å². The van der Waals surface area contributed by atoms with Crippen molar-refractivity contribution >= 4 is 35.0 Å². The highest BCUT2D eigenvalue weighted by Gasteiger charge is 2.17. The maximum atomic E-state index is 12.3. The zero-order valence-corrected chi connectivity index (χ0v) is 17.6. The minimum Gasteiger partial charge on any atom is -0.457 e. The molecule has 0 saturated heterocycles. The lowest BCUT2D eigenvalue weighted by atomic mass is 10.2. The van der Waals surface area contributed by atoms with Crippen molar-refractivity contribution in [1.29, 1.82) is 5.26 Å². The first kappa shape index (κ1) is 20.3. The van der Waals surface area contributed by atoms with Crippen LogP contribution in [0.5, 0.6) is 11.5 Å². The average molecular weight is 436 g/mol. The number of pyridine rings is 1. The molecule has 5 nitrogen and oxygen atoms in total. The minimum absolute atomic E-state index is 0.155. The normalized spacial score (nSPS) is 12.1. The number of fused-ring (bicyclic) bond motifs is 1. The third-order valence-corrected chi connectivity index (χ3v) is 5.91. The molecule has 1 amide bonds. The number of hydrogen-bond donors (Lipinski definition) is 1. The summed E-state index contributed by atoms with van der Waals surface area (Å²) in [6, 6.07) is 18.3. The number of benzene rings is 2. The lowest BCUT2D eigenvalue weighted by Crippen LogP contribution is -2.14. The van der Waals surface area contributed by atoms with Crippen molar-refractivity contribution in [3.63, 3.8) is 0 Å². The Bertz CT molecular complexity index is 1110. The van der Waals surface area contributed by atoms with Gasteiger partial charge in [0, 0.05) is 16.4 Å². The topological polar surface area (TPSA) is 75.0 Å². The Labute approximate surface area is 184 Å². The summed E-state index contributed by atoms with van der Waals surface area (Å²) in [7, 11) is 0. The van der Waals surface area contributed by atoms with Gasteiger partial charge in [-0.1, -0.05) is 23.4 Å². The molecule has 0 bridgehead atoms. The molecule has 3 aromatic rings. The number of carbonyl (C=O) groups is 1. The van der Waals surface area contributed by atoms with Gasteiger partial charge in [-0.05, 0) is 79.4 Å². The van der Waals surface area contributed by atoms with E-state index in [4.69, 9.17) is 16.3 Å². The molecule has 0 saturated carbocycles. The van der Waals surface area contributed by atoms with Crippen LogP contribution in [0.2, 0.25) is 5.02 Å². The first-order valence-electron chi connectivity index (χ1n) is 9.50. The summed E-state index contributed by atoms with van der Waals surface area (Å²) in [4.78, 5) is 16.9. The van der Waals surface area contributed by atoms with Gasteiger partial charge in [0.05, 0.1) is 11.3 Å². The zero-order valence-electron chi connectivity index (χ0n) is 16.0. The highest BCUT2D eigenvalue weighted by molar-refractivity contribution is 8.00. The van der Waals surface area contributed by atoms with Crippen molar-refractivity contribution in [2.45, 2.75) is 24.3 Å². The number of anilines is 1. The van der Waals surface area contributed by atoms with Crippen LogP contribution in [0, 0.1) is 11.3 Å². The number of halogens is 1. The lowest BCUT2D eigenvalue weighted by Gasteiger charge is -2.09. The van der Waals surface area contributed by atoms with E-state index in [1.807, 2.05) is 6.07 Å². The fraction of sp³-hybridized carbons (Fsp3) is 0.174. The van der Waals surface area contributed by atoms with Gasteiger partial charge in [0.1, 0.15) is 22.6 Å². The Morgan fingerprint density at radius 2 is 1.83 bits per heavy atom. The molecule has 2 aromatic carbocycles. The molecule has 0 unspecified atom stereocenters. The van der Waals surface area contributed by atoms with Crippen LogP contribution in [0.25, 0.3) is 0 Å². The maximum Gasteiger partial charge on any atom is 0.234 e. The fourth-order valence-corrected chi connectivity index (χ4v) is 4.12. The van der Waals surface area contributed by atoms with Crippen LogP contribution in [0.3, 0.4) is 0 Å². The van der Waals surface area contributed by atoms with Gasteiger partial charge in [-0.25, -0.2) is 4.98 Å². The molecule has 1 aliphatic rings. The molecule has 7 heteroatoms. The monoisotopic (exact) mass is 435 g/mol. The SMILES string of the molecule is N#Cc1cc2c(nc1SCC(=O)Nc1ccc(Oc3ccc(Cl)cc3)cc1)CCC2. The van der Waals surface area contributed by atoms with Crippen LogP contribution in [0.4, 0.5) is 5.69 Å². The third kappa shape index (κ3) is 4.93. The van der Waals surface area contributed by atoms with Crippen LogP contribution < -0.4 is 10.1 Å². The molecule has 0 atom stereocenters. The van der Waals surface area contributed by atoms with E-state index in [1.54, 1.807) is 48.5 Å². The van der Waals surface area contributed by atoms with E-state index in [9.17, 15) is 10.1 Å². The van der Waals surface area contributed by atoms with Gasteiger partial charge in [-0.2, -0.15) is 5.26 Å². The van der Waals surface area contributed by atoms with E-state index in [1.165, 1.54) is 11.8 Å². The Balaban J connectivity index is 1.33. The van der Waals surface area contributed by atoms with Crippen LogP contribution >= 0.6 is 23.4 Å². The summed E-state index contributed by atoms with van der Waals surface area (Å²) >= 11 is 7.16. The number of nitrogens with zero attached hydrogens (tertiary/aromatic N) is 2. The Hall–Kier alpha value is -3.01. The van der Waals surface area contributed by atoms with E-state index < -0.39 is 0 Å². The highest BCUT2D eigenvalue weighted by atomic mass is 35.5. The van der Waals surface area contributed by atoms with Gasteiger partial charge in [-0.15, -0.1) is 0 Å². The summed E-state index contributed by atoms with van der Waals surface area (Å²) in [5, 5.41) is 13.5. The summed E-state index contributed by atoms with van der Waals surface area (Å²) in [6.45, 7) is 0. The van der Waals surface area contributed by atoms with Crippen LogP contribution in [-0.4, -0.2) is 16.6 Å². The smallest absolute Gasteiger partial charge is 0.234 e. The number of hydrogen-bond acceptors (Lipinski definition) is 5. The Morgan fingerprint density at radius 3 is 2.53 bits per heavy atom. The van der Waals surface area contributed by atoms with E-state index in [0.29, 0.717) is 32.8 Å². The molecule has 1 aromatic heterocycles. The second-order valence-electron chi connectivity index (χ2n) is 6.83. The summed E-state index contributed by atoms with van der Waals surface area (Å²) in [6.07, 6.45) is 2.98. The third-order valence-electron chi connectivity index (χ3n) is 4.66.